The second kappa shape index (κ2) is 9.43. The zero-order chi connectivity index (χ0) is 21.7. The Bertz CT molecular complexity index is 1020. The Kier molecular flexibility index (Phi) is 6.92. The van der Waals surface area contributed by atoms with Crippen molar-refractivity contribution in [3.63, 3.8) is 0 Å². The van der Waals surface area contributed by atoms with Gasteiger partial charge in [-0.15, -0.1) is 0 Å². The van der Waals surface area contributed by atoms with Crippen molar-refractivity contribution in [3.8, 4) is 0 Å². The Morgan fingerprint density at radius 3 is 2.13 bits per heavy atom. The highest BCUT2D eigenvalue weighted by molar-refractivity contribution is 7.92. The molecule has 0 saturated heterocycles. The second-order valence-electron chi connectivity index (χ2n) is 7.94. The molecular weight excluding hydrogens is 398 g/mol. The molecule has 0 bridgehead atoms. The van der Waals surface area contributed by atoms with Gasteiger partial charge in [0.2, 0.25) is 0 Å². The lowest BCUT2D eigenvalue weighted by Crippen LogP contribution is -2.40. The number of anilines is 1. The molecule has 1 amide bonds. The highest BCUT2D eigenvalue weighted by atomic mass is 32.2. The number of carbonyl (C=O) groups excluding carboxylic acids is 1. The van der Waals surface area contributed by atoms with Crippen molar-refractivity contribution < 1.29 is 13.2 Å². The van der Waals surface area contributed by atoms with Gasteiger partial charge in [0.25, 0.3) is 15.9 Å². The van der Waals surface area contributed by atoms with E-state index in [1.165, 1.54) is 6.42 Å². The molecule has 30 heavy (non-hydrogen) atoms. The van der Waals surface area contributed by atoms with Crippen molar-refractivity contribution in [3.05, 3.63) is 59.2 Å². The second-order valence-corrected chi connectivity index (χ2v) is 9.81. The van der Waals surface area contributed by atoms with Crippen LogP contribution in [0.2, 0.25) is 0 Å². The monoisotopic (exact) mass is 427 g/mol. The third-order valence-corrected chi connectivity index (χ3v) is 6.95. The first kappa shape index (κ1) is 22.0. The molecule has 160 valence electrons. The number of rotatable bonds is 6. The Labute approximate surface area is 179 Å². The summed E-state index contributed by atoms with van der Waals surface area (Å²) in [6.45, 7) is 5.37. The summed E-state index contributed by atoms with van der Waals surface area (Å²) in [7, 11) is -3.92. The summed E-state index contributed by atoms with van der Waals surface area (Å²) in [6, 6.07) is 12.2. The van der Waals surface area contributed by atoms with Crippen LogP contribution in [0, 0.1) is 20.8 Å². The van der Waals surface area contributed by atoms with Crippen molar-refractivity contribution in [2.45, 2.75) is 57.8 Å². The van der Waals surface area contributed by atoms with Crippen molar-refractivity contribution in [1.82, 2.24) is 5.43 Å². The van der Waals surface area contributed by atoms with Gasteiger partial charge in [-0.3, -0.25) is 9.10 Å². The molecule has 7 heteroatoms. The van der Waals surface area contributed by atoms with E-state index in [9.17, 15) is 13.2 Å². The number of nitrogens with zero attached hydrogens (tertiary/aromatic N) is 2. The molecule has 0 aliphatic heterocycles. The molecular formula is C23H29N3O3S. The van der Waals surface area contributed by atoms with Gasteiger partial charge in [-0.05, 0) is 81.8 Å². The SMILES string of the molecule is Cc1ccc(S(=O)(=O)N(CC(=O)NN=C2CCCCC2)c2cc(C)cc(C)c2)cc1. The number of nitrogens with one attached hydrogen (secondary N) is 1. The smallest absolute Gasteiger partial charge is 0.264 e. The lowest BCUT2D eigenvalue weighted by Gasteiger charge is -2.24. The number of hydrogen-bond acceptors (Lipinski definition) is 4. The van der Waals surface area contributed by atoms with Crippen LogP contribution in [-0.2, 0) is 14.8 Å². The zero-order valence-corrected chi connectivity index (χ0v) is 18.6. The first-order valence-electron chi connectivity index (χ1n) is 10.3. The van der Waals surface area contributed by atoms with E-state index in [1.54, 1.807) is 36.4 Å². The molecule has 2 aromatic carbocycles. The molecule has 0 aromatic heterocycles. The van der Waals surface area contributed by atoms with E-state index in [-0.39, 0.29) is 11.4 Å². The minimum absolute atomic E-state index is 0.152. The average molecular weight is 428 g/mol. The summed E-state index contributed by atoms with van der Waals surface area (Å²) in [5, 5.41) is 4.23. The van der Waals surface area contributed by atoms with Crippen LogP contribution in [0.25, 0.3) is 0 Å². The molecule has 1 saturated carbocycles. The molecule has 0 atom stereocenters. The number of hydrogen-bond donors (Lipinski definition) is 1. The first-order valence-corrected chi connectivity index (χ1v) is 11.7. The van der Waals surface area contributed by atoms with Crippen LogP contribution in [0.5, 0.6) is 0 Å². The Balaban J connectivity index is 1.91. The maximum Gasteiger partial charge on any atom is 0.264 e. The Morgan fingerprint density at radius 2 is 1.53 bits per heavy atom. The normalized spacial score (nSPS) is 14.3. The summed E-state index contributed by atoms with van der Waals surface area (Å²) in [5.41, 5.74) is 6.81. The van der Waals surface area contributed by atoms with Gasteiger partial charge >= 0.3 is 0 Å². The maximum absolute atomic E-state index is 13.4. The third-order valence-electron chi connectivity index (χ3n) is 5.16. The molecule has 1 fully saturated rings. The van der Waals surface area contributed by atoms with Crippen molar-refractivity contribution in [2.24, 2.45) is 5.10 Å². The summed E-state index contributed by atoms with van der Waals surface area (Å²) in [5.74, 6) is -0.456. The summed E-state index contributed by atoms with van der Waals surface area (Å²) in [6.07, 6.45) is 5.09. The largest absolute Gasteiger partial charge is 0.271 e. The van der Waals surface area contributed by atoms with Crippen LogP contribution < -0.4 is 9.73 Å². The van der Waals surface area contributed by atoms with Gasteiger partial charge in [0.15, 0.2) is 0 Å². The molecule has 1 aliphatic rings. The van der Waals surface area contributed by atoms with Gasteiger partial charge < -0.3 is 0 Å². The standard InChI is InChI=1S/C23H29N3O3S/c1-17-9-11-22(12-10-17)30(28,29)26(21-14-18(2)13-19(3)15-21)16-23(27)25-24-20-7-5-4-6-8-20/h9-15H,4-8,16H2,1-3H3,(H,25,27). The number of sulfonamides is 1. The van der Waals surface area contributed by atoms with Crippen LogP contribution in [0.15, 0.2) is 52.5 Å². The third kappa shape index (κ3) is 5.48. The molecule has 2 aromatic rings. The quantitative estimate of drug-likeness (QED) is 0.700. The Hall–Kier alpha value is -2.67. The van der Waals surface area contributed by atoms with Crippen molar-refractivity contribution in [2.75, 3.05) is 10.8 Å². The van der Waals surface area contributed by atoms with E-state index in [0.717, 1.165) is 52.4 Å². The first-order chi connectivity index (χ1) is 14.3. The number of benzene rings is 2. The maximum atomic E-state index is 13.4. The molecule has 0 unspecified atom stereocenters. The molecule has 0 heterocycles. The number of aryl methyl sites for hydroxylation is 3. The molecule has 6 nitrogen and oxygen atoms in total. The van der Waals surface area contributed by atoms with Crippen LogP contribution in [0.3, 0.4) is 0 Å². The van der Waals surface area contributed by atoms with Crippen molar-refractivity contribution in [1.29, 1.82) is 0 Å². The van der Waals surface area contributed by atoms with E-state index in [2.05, 4.69) is 10.5 Å². The minimum Gasteiger partial charge on any atom is -0.271 e. The summed E-state index contributed by atoms with van der Waals surface area (Å²) >= 11 is 0. The Morgan fingerprint density at radius 1 is 0.933 bits per heavy atom. The number of carbonyl (C=O) groups is 1. The van der Waals surface area contributed by atoms with E-state index >= 15 is 0 Å². The lowest BCUT2D eigenvalue weighted by molar-refractivity contribution is -0.119. The fourth-order valence-corrected chi connectivity index (χ4v) is 5.03. The summed E-state index contributed by atoms with van der Waals surface area (Å²) < 4.78 is 28.0. The van der Waals surface area contributed by atoms with Crippen molar-refractivity contribution >= 4 is 27.3 Å². The summed E-state index contributed by atoms with van der Waals surface area (Å²) in [4.78, 5) is 12.8. The van der Waals surface area contributed by atoms with Gasteiger partial charge in [-0.25, -0.2) is 13.8 Å². The lowest BCUT2D eigenvalue weighted by atomic mass is 9.99. The van der Waals surface area contributed by atoms with E-state index in [0.29, 0.717) is 5.69 Å². The average Bonchev–Trinajstić information content (AvgIpc) is 2.70. The van der Waals surface area contributed by atoms with E-state index in [4.69, 9.17) is 0 Å². The van der Waals surface area contributed by atoms with Gasteiger partial charge in [-0.2, -0.15) is 5.10 Å². The highest BCUT2D eigenvalue weighted by Crippen LogP contribution is 2.26. The van der Waals surface area contributed by atoms with Gasteiger partial charge in [-0.1, -0.05) is 30.2 Å². The predicted octanol–water partition coefficient (Wildman–Crippen LogP) is 4.24. The fraction of sp³-hybridized carbons (Fsp3) is 0.391. The van der Waals surface area contributed by atoms with Crippen LogP contribution in [0.1, 0.15) is 48.8 Å². The molecule has 1 N–H and O–H groups in total. The van der Waals surface area contributed by atoms with E-state index in [1.807, 2.05) is 26.8 Å². The minimum atomic E-state index is -3.92. The number of hydrazone groups is 1. The van der Waals surface area contributed by atoms with Gasteiger partial charge in [0.1, 0.15) is 6.54 Å². The van der Waals surface area contributed by atoms with E-state index < -0.39 is 15.9 Å². The topological polar surface area (TPSA) is 78.8 Å². The van der Waals surface area contributed by atoms with Crippen LogP contribution >= 0.6 is 0 Å². The molecule has 1 aliphatic carbocycles. The number of amides is 1. The molecule has 0 spiro atoms. The van der Waals surface area contributed by atoms with Gasteiger partial charge in [0.05, 0.1) is 10.6 Å². The van der Waals surface area contributed by atoms with Gasteiger partial charge in [0, 0.05) is 5.71 Å². The molecule has 3 rings (SSSR count). The zero-order valence-electron chi connectivity index (χ0n) is 17.8. The fourth-order valence-electron chi connectivity index (χ4n) is 3.63. The molecule has 0 radical (unpaired) electrons. The van der Waals surface area contributed by atoms with Crippen LogP contribution in [0.4, 0.5) is 5.69 Å². The highest BCUT2D eigenvalue weighted by Gasteiger charge is 2.27. The predicted molar refractivity (Wildman–Crippen MR) is 120 cm³/mol. The van der Waals surface area contributed by atoms with Crippen LogP contribution in [-0.4, -0.2) is 26.6 Å².